The summed E-state index contributed by atoms with van der Waals surface area (Å²) < 4.78 is 4.84. The van der Waals surface area contributed by atoms with Crippen LogP contribution in [0.25, 0.3) is 0 Å². The molecule has 0 aliphatic rings. The predicted octanol–water partition coefficient (Wildman–Crippen LogP) is 1.05. The van der Waals surface area contributed by atoms with Gasteiger partial charge in [0.15, 0.2) is 0 Å². The Morgan fingerprint density at radius 2 is 2.00 bits per heavy atom. The topological polar surface area (TPSA) is 63.6 Å². The molecule has 0 fully saturated rings. The van der Waals surface area contributed by atoms with Crippen LogP contribution in [-0.4, -0.2) is 17.0 Å². The van der Waals surface area contributed by atoms with Crippen LogP contribution in [0, 0.1) is 11.8 Å². The molecule has 1 N–H and O–H groups in total. The Balaban J connectivity index is 3.02. The lowest BCUT2D eigenvalue weighted by Crippen LogP contribution is -2.02. The standard InChI is InChI=1S/C11H8O4/c1-8(12)15-10-5-3-2-4-9(10)6-7-11(13)14/h2-5H,1H3,(H,13,14). The third-order valence-corrected chi connectivity index (χ3v) is 1.44. The average molecular weight is 204 g/mol. The summed E-state index contributed by atoms with van der Waals surface area (Å²) in [5.41, 5.74) is 0.370. The second-order valence-corrected chi connectivity index (χ2v) is 2.64. The van der Waals surface area contributed by atoms with Gasteiger partial charge < -0.3 is 9.84 Å². The van der Waals surface area contributed by atoms with E-state index >= 15 is 0 Å². The fourth-order valence-corrected chi connectivity index (χ4v) is 0.935. The van der Waals surface area contributed by atoms with Gasteiger partial charge in [-0.2, -0.15) is 0 Å². The molecule has 1 aromatic carbocycles. The molecule has 0 atom stereocenters. The number of para-hydroxylation sites is 1. The number of hydrogen-bond donors (Lipinski definition) is 1. The fourth-order valence-electron chi connectivity index (χ4n) is 0.935. The van der Waals surface area contributed by atoms with Gasteiger partial charge in [-0.1, -0.05) is 18.1 Å². The van der Waals surface area contributed by atoms with Crippen molar-refractivity contribution in [2.75, 3.05) is 0 Å². The maximum absolute atomic E-state index is 10.7. The van der Waals surface area contributed by atoms with Crippen LogP contribution in [0.15, 0.2) is 24.3 Å². The zero-order valence-electron chi connectivity index (χ0n) is 7.98. The molecule has 0 unspecified atom stereocenters. The predicted molar refractivity (Wildman–Crippen MR) is 52.3 cm³/mol. The number of carboxylic acids is 1. The summed E-state index contributed by atoms with van der Waals surface area (Å²) in [6, 6.07) is 6.48. The van der Waals surface area contributed by atoms with E-state index in [0.717, 1.165) is 0 Å². The van der Waals surface area contributed by atoms with Crippen LogP contribution in [0.5, 0.6) is 5.75 Å². The van der Waals surface area contributed by atoms with E-state index in [2.05, 4.69) is 5.92 Å². The maximum Gasteiger partial charge on any atom is 0.382 e. The van der Waals surface area contributed by atoms with Crippen LogP contribution in [0.1, 0.15) is 12.5 Å². The van der Waals surface area contributed by atoms with E-state index in [1.54, 1.807) is 24.3 Å². The number of carbonyl (C=O) groups is 2. The van der Waals surface area contributed by atoms with Gasteiger partial charge in [0.1, 0.15) is 5.75 Å². The van der Waals surface area contributed by atoms with Gasteiger partial charge in [0.2, 0.25) is 0 Å². The van der Waals surface area contributed by atoms with Gasteiger partial charge >= 0.3 is 11.9 Å². The molecule has 0 bridgehead atoms. The SMILES string of the molecule is CC(=O)Oc1ccccc1C#CC(=O)O. The van der Waals surface area contributed by atoms with Crippen LogP contribution in [-0.2, 0) is 9.59 Å². The van der Waals surface area contributed by atoms with Gasteiger partial charge in [-0.15, -0.1) is 0 Å². The van der Waals surface area contributed by atoms with E-state index in [9.17, 15) is 9.59 Å². The minimum Gasteiger partial charge on any atom is -0.472 e. The van der Waals surface area contributed by atoms with Crippen LogP contribution in [0.4, 0.5) is 0 Å². The van der Waals surface area contributed by atoms with E-state index in [0.29, 0.717) is 5.56 Å². The minimum atomic E-state index is -1.23. The lowest BCUT2D eigenvalue weighted by atomic mass is 10.2. The number of ether oxygens (including phenoxy) is 1. The number of carbonyl (C=O) groups excluding carboxylic acids is 1. The summed E-state index contributed by atoms with van der Waals surface area (Å²) in [5.74, 6) is 2.90. The van der Waals surface area contributed by atoms with Crippen molar-refractivity contribution in [2.45, 2.75) is 6.92 Å². The molecule has 1 aromatic rings. The molecule has 0 saturated carbocycles. The lowest BCUT2D eigenvalue weighted by molar-refractivity contribution is -0.132. The highest BCUT2D eigenvalue weighted by molar-refractivity contribution is 5.87. The third-order valence-electron chi connectivity index (χ3n) is 1.44. The Hall–Kier alpha value is -2.28. The molecule has 4 nitrogen and oxygen atoms in total. The Morgan fingerprint density at radius 1 is 1.33 bits per heavy atom. The molecule has 1 rings (SSSR count). The van der Waals surface area contributed by atoms with Crippen molar-refractivity contribution in [3.05, 3.63) is 29.8 Å². The smallest absolute Gasteiger partial charge is 0.382 e. The molecule has 0 radical (unpaired) electrons. The Morgan fingerprint density at radius 3 is 2.60 bits per heavy atom. The maximum atomic E-state index is 10.7. The first-order chi connectivity index (χ1) is 7.09. The Labute approximate surface area is 86.5 Å². The molecule has 0 aliphatic heterocycles. The van der Waals surface area contributed by atoms with Crippen molar-refractivity contribution in [3.8, 4) is 17.6 Å². The number of hydrogen-bond acceptors (Lipinski definition) is 3. The number of esters is 1. The lowest BCUT2D eigenvalue weighted by Gasteiger charge is -2.02. The summed E-state index contributed by atoms with van der Waals surface area (Å²) in [6.07, 6.45) is 0. The Kier molecular flexibility index (Phi) is 3.47. The molecule has 15 heavy (non-hydrogen) atoms. The first kappa shape index (κ1) is 10.8. The third kappa shape index (κ3) is 3.53. The normalized spacial score (nSPS) is 8.60. The van der Waals surface area contributed by atoms with E-state index in [1.807, 2.05) is 5.92 Å². The second-order valence-electron chi connectivity index (χ2n) is 2.64. The molecule has 0 spiro atoms. The number of rotatable bonds is 1. The molecule has 0 heterocycles. The zero-order valence-corrected chi connectivity index (χ0v) is 7.98. The van der Waals surface area contributed by atoms with Crippen LogP contribution in [0.2, 0.25) is 0 Å². The highest BCUT2D eigenvalue weighted by atomic mass is 16.5. The number of benzene rings is 1. The van der Waals surface area contributed by atoms with E-state index in [-0.39, 0.29) is 5.75 Å². The summed E-state index contributed by atoms with van der Waals surface area (Å²) in [6.45, 7) is 1.27. The quantitative estimate of drug-likeness (QED) is 0.422. The van der Waals surface area contributed by atoms with Gasteiger partial charge in [-0.25, -0.2) is 4.79 Å². The van der Waals surface area contributed by atoms with Crippen LogP contribution < -0.4 is 4.74 Å². The molecule has 0 aliphatic carbocycles. The highest BCUT2D eigenvalue weighted by Gasteiger charge is 2.02. The first-order valence-corrected chi connectivity index (χ1v) is 4.12. The van der Waals surface area contributed by atoms with Crippen molar-refractivity contribution in [1.82, 2.24) is 0 Å². The zero-order chi connectivity index (χ0) is 11.3. The number of aliphatic carboxylic acids is 1. The number of carboxylic acid groups (broad SMARTS) is 1. The summed E-state index contributed by atoms with van der Waals surface area (Å²) in [7, 11) is 0. The van der Waals surface area contributed by atoms with Crippen LogP contribution in [0.3, 0.4) is 0 Å². The molecule has 76 valence electrons. The summed E-state index contributed by atoms with van der Waals surface area (Å²) in [5, 5.41) is 8.37. The van der Waals surface area contributed by atoms with E-state index < -0.39 is 11.9 Å². The molecule has 0 saturated heterocycles. The first-order valence-electron chi connectivity index (χ1n) is 4.12. The largest absolute Gasteiger partial charge is 0.472 e. The van der Waals surface area contributed by atoms with Gasteiger partial charge in [0, 0.05) is 12.8 Å². The minimum absolute atomic E-state index is 0.263. The van der Waals surface area contributed by atoms with Crippen LogP contribution >= 0.6 is 0 Å². The van der Waals surface area contributed by atoms with Crippen molar-refractivity contribution < 1.29 is 19.4 Å². The van der Waals surface area contributed by atoms with Crippen molar-refractivity contribution in [1.29, 1.82) is 0 Å². The van der Waals surface area contributed by atoms with E-state index in [1.165, 1.54) is 6.92 Å². The van der Waals surface area contributed by atoms with Gasteiger partial charge in [-0.05, 0) is 12.1 Å². The average Bonchev–Trinajstić information content (AvgIpc) is 2.15. The molecule has 0 amide bonds. The summed E-state index contributed by atoms with van der Waals surface area (Å²) >= 11 is 0. The molecular weight excluding hydrogens is 196 g/mol. The van der Waals surface area contributed by atoms with Gasteiger partial charge in [-0.3, -0.25) is 4.79 Å². The summed E-state index contributed by atoms with van der Waals surface area (Å²) in [4.78, 5) is 20.9. The highest BCUT2D eigenvalue weighted by Crippen LogP contribution is 2.16. The fraction of sp³-hybridized carbons (Fsp3) is 0.0909. The van der Waals surface area contributed by atoms with Crippen molar-refractivity contribution >= 4 is 11.9 Å². The Bertz CT molecular complexity index is 451. The van der Waals surface area contributed by atoms with Gasteiger partial charge in [0.05, 0.1) is 5.56 Å². The molecular formula is C11H8O4. The monoisotopic (exact) mass is 204 g/mol. The molecule has 0 aromatic heterocycles. The second kappa shape index (κ2) is 4.82. The van der Waals surface area contributed by atoms with E-state index in [4.69, 9.17) is 9.84 Å². The van der Waals surface area contributed by atoms with Gasteiger partial charge in [0.25, 0.3) is 0 Å². The van der Waals surface area contributed by atoms with Crippen molar-refractivity contribution in [2.24, 2.45) is 0 Å². The molecule has 4 heteroatoms. The van der Waals surface area contributed by atoms with Crippen molar-refractivity contribution in [3.63, 3.8) is 0 Å².